The second-order valence-corrected chi connectivity index (χ2v) is 12.8. The van der Waals surface area contributed by atoms with Crippen molar-refractivity contribution in [3.05, 3.63) is 75.8 Å². The first-order chi connectivity index (χ1) is 21.9. The number of rotatable bonds is 10. The van der Waals surface area contributed by atoms with Crippen LogP contribution in [0.3, 0.4) is 0 Å². The average molecular weight is 641 g/mol. The van der Waals surface area contributed by atoms with Gasteiger partial charge in [-0.05, 0) is 96.7 Å². The lowest BCUT2D eigenvalue weighted by molar-refractivity contribution is -0.138. The van der Waals surface area contributed by atoms with Gasteiger partial charge < -0.3 is 29.2 Å². The summed E-state index contributed by atoms with van der Waals surface area (Å²) in [5.41, 5.74) is 3.05. The first kappa shape index (κ1) is 32.2. The van der Waals surface area contributed by atoms with Gasteiger partial charge in [0.1, 0.15) is 29.5 Å². The van der Waals surface area contributed by atoms with Gasteiger partial charge in [-0.25, -0.2) is 0 Å². The fraction of sp³-hybridized carbons (Fsp3) is 0.472. The predicted molar refractivity (Wildman–Crippen MR) is 165 cm³/mol. The maximum absolute atomic E-state index is 14.5. The number of fused-ring (bicyclic) bond motifs is 2. The summed E-state index contributed by atoms with van der Waals surface area (Å²) >= 11 is 0. The van der Waals surface area contributed by atoms with Gasteiger partial charge in [0.05, 0.1) is 25.2 Å². The summed E-state index contributed by atoms with van der Waals surface area (Å²) in [6.45, 7) is 5.33. The van der Waals surface area contributed by atoms with Gasteiger partial charge in [-0.3, -0.25) is 4.79 Å². The summed E-state index contributed by atoms with van der Waals surface area (Å²) in [6, 6.07) is 11.8. The molecule has 246 valence electrons. The van der Waals surface area contributed by atoms with Gasteiger partial charge in [0, 0.05) is 43.6 Å². The zero-order chi connectivity index (χ0) is 32.6. The summed E-state index contributed by atoms with van der Waals surface area (Å²) in [5, 5.41) is 19.9. The SMILES string of the molecule is Cc1cc(OCC2(O)CCOCC2)cc(C)c1-c1c(C(F)(F)F)ccc2c1CCC2CCOc1ccc2c(c1)OCC2CC(=O)O. The second kappa shape index (κ2) is 12.8. The van der Waals surface area contributed by atoms with Crippen molar-refractivity contribution in [2.45, 2.75) is 76.0 Å². The van der Waals surface area contributed by atoms with Crippen LogP contribution >= 0.6 is 0 Å². The number of carboxylic acid groups (broad SMARTS) is 1. The van der Waals surface area contributed by atoms with Crippen molar-refractivity contribution in [2.75, 3.05) is 33.0 Å². The highest BCUT2D eigenvalue weighted by Crippen LogP contribution is 2.48. The number of carboxylic acids is 1. The van der Waals surface area contributed by atoms with Crippen LogP contribution in [0.25, 0.3) is 11.1 Å². The van der Waals surface area contributed by atoms with Crippen LogP contribution in [0.4, 0.5) is 13.2 Å². The number of aliphatic carboxylic acids is 1. The first-order valence-corrected chi connectivity index (χ1v) is 15.8. The van der Waals surface area contributed by atoms with Crippen molar-refractivity contribution < 1.29 is 47.1 Å². The van der Waals surface area contributed by atoms with Gasteiger partial charge in [0.15, 0.2) is 0 Å². The molecule has 46 heavy (non-hydrogen) atoms. The van der Waals surface area contributed by atoms with E-state index >= 15 is 0 Å². The zero-order valence-corrected chi connectivity index (χ0v) is 26.0. The third kappa shape index (κ3) is 6.69. The topological polar surface area (TPSA) is 94.5 Å². The number of benzene rings is 3. The van der Waals surface area contributed by atoms with Crippen LogP contribution in [0.2, 0.25) is 0 Å². The van der Waals surface area contributed by atoms with Gasteiger partial charge >= 0.3 is 12.1 Å². The Morgan fingerprint density at radius 2 is 1.67 bits per heavy atom. The molecule has 3 aromatic rings. The van der Waals surface area contributed by atoms with E-state index in [4.69, 9.17) is 24.1 Å². The smallest absolute Gasteiger partial charge is 0.417 e. The Labute approximate surface area is 266 Å². The molecule has 2 heterocycles. The Balaban J connectivity index is 1.20. The molecule has 2 aliphatic heterocycles. The van der Waals surface area contributed by atoms with Crippen LogP contribution in [-0.2, 0) is 22.1 Å². The third-order valence-electron chi connectivity index (χ3n) is 9.55. The molecule has 0 spiro atoms. The van der Waals surface area contributed by atoms with Crippen LogP contribution in [0.5, 0.6) is 17.2 Å². The normalized spacial score (nSPS) is 20.1. The monoisotopic (exact) mass is 640 g/mol. The summed E-state index contributed by atoms with van der Waals surface area (Å²) in [4.78, 5) is 11.1. The number of ether oxygens (including phenoxy) is 4. The second-order valence-electron chi connectivity index (χ2n) is 12.8. The largest absolute Gasteiger partial charge is 0.493 e. The van der Waals surface area contributed by atoms with Crippen LogP contribution < -0.4 is 14.2 Å². The predicted octanol–water partition coefficient (Wildman–Crippen LogP) is 7.36. The van der Waals surface area contributed by atoms with Crippen molar-refractivity contribution in [1.29, 1.82) is 0 Å². The molecule has 0 amide bonds. The highest BCUT2D eigenvalue weighted by atomic mass is 19.4. The molecule has 0 saturated carbocycles. The maximum atomic E-state index is 14.5. The lowest BCUT2D eigenvalue weighted by atomic mass is 9.85. The molecule has 0 radical (unpaired) electrons. The number of aliphatic hydroxyl groups is 1. The molecular formula is C36H39F3O7. The molecule has 6 rings (SSSR count). The van der Waals surface area contributed by atoms with Gasteiger partial charge in [0.2, 0.25) is 0 Å². The van der Waals surface area contributed by atoms with E-state index < -0.39 is 23.3 Å². The van der Waals surface area contributed by atoms with Crippen LogP contribution in [0.1, 0.15) is 77.3 Å². The molecule has 0 aromatic heterocycles. The van der Waals surface area contributed by atoms with Gasteiger partial charge in [-0.1, -0.05) is 12.1 Å². The molecule has 2 N–H and O–H groups in total. The summed E-state index contributed by atoms with van der Waals surface area (Å²) in [6.07, 6.45) is -1.69. The number of aryl methyl sites for hydroxylation is 2. The number of halogens is 3. The van der Waals surface area contributed by atoms with Crippen LogP contribution in [0.15, 0.2) is 42.5 Å². The molecule has 10 heteroatoms. The number of hydrogen-bond donors (Lipinski definition) is 2. The molecule has 1 aliphatic carbocycles. The van der Waals surface area contributed by atoms with Crippen molar-refractivity contribution >= 4 is 5.97 Å². The van der Waals surface area contributed by atoms with E-state index in [-0.39, 0.29) is 30.4 Å². The average Bonchev–Trinajstić information content (AvgIpc) is 3.59. The number of hydrogen-bond acceptors (Lipinski definition) is 6. The Morgan fingerprint density at radius 3 is 2.37 bits per heavy atom. The zero-order valence-electron chi connectivity index (χ0n) is 26.0. The Morgan fingerprint density at radius 1 is 0.957 bits per heavy atom. The van der Waals surface area contributed by atoms with E-state index in [1.807, 2.05) is 26.0 Å². The Hall–Kier alpha value is -3.76. The lowest BCUT2D eigenvalue weighted by Gasteiger charge is -2.31. The van der Waals surface area contributed by atoms with Crippen molar-refractivity contribution in [3.8, 4) is 28.4 Å². The van der Waals surface area contributed by atoms with Gasteiger partial charge in [-0.15, -0.1) is 0 Å². The molecule has 2 atom stereocenters. The summed E-state index contributed by atoms with van der Waals surface area (Å²) in [5.74, 6) is 0.740. The van der Waals surface area contributed by atoms with Crippen LogP contribution in [0, 0.1) is 13.8 Å². The van der Waals surface area contributed by atoms with E-state index in [1.54, 1.807) is 24.3 Å². The highest BCUT2D eigenvalue weighted by Gasteiger charge is 2.38. The molecule has 3 aromatic carbocycles. The number of alkyl halides is 3. The standard InChI is InChI=1S/C36H39F3O7/c1-21-15-26(46-20-35(42)10-13-43-14-11-35)16-22(2)33(21)34-29-5-3-23(27(29)7-8-30(34)36(37,38)39)9-12-44-25-4-6-28-24(17-32(40)41)19-45-31(28)18-25/h4,6-8,15-16,18,23-24,42H,3,5,9-14,17,19-20H2,1-2H3,(H,40,41). The van der Waals surface area contributed by atoms with E-state index in [0.717, 1.165) is 23.1 Å². The minimum Gasteiger partial charge on any atom is -0.493 e. The molecule has 0 bridgehead atoms. The fourth-order valence-corrected chi connectivity index (χ4v) is 7.17. The summed E-state index contributed by atoms with van der Waals surface area (Å²) in [7, 11) is 0. The van der Waals surface area contributed by atoms with E-state index in [0.29, 0.717) is 86.0 Å². The molecule has 1 fully saturated rings. The number of carbonyl (C=O) groups is 1. The molecule has 3 aliphatic rings. The quantitative estimate of drug-likeness (QED) is 0.239. The van der Waals surface area contributed by atoms with E-state index in [2.05, 4.69) is 0 Å². The van der Waals surface area contributed by atoms with Crippen LogP contribution in [-0.4, -0.2) is 54.8 Å². The highest BCUT2D eigenvalue weighted by molar-refractivity contribution is 5.80. The van der Waals surface area contributed by atoms with E-state index in [1.165, 1.54) is 6.07 Å². The Kier molecular flexibility index (Phi) is 8.95. The molecule has 1 saturated heterocycles. The van der Waals surface area contributed by atoms with Gasteiger partial charge in [0.25, 0.3) is 0 Å². The minimum absolute atomic E-state index is 0.00381. The minimum atomic E-state index is -4.52. The summed E-state index contributed by atoms with van der Waals surface area (Å²) < 4.78 is 66.4. The molecular weight excluding hydrogens is 601 g/mol. The first-order valence-electron chi connectivity index (χ1n) is 15.8. The van der Waals surface area contributed by atoms with Crippen molar-refractivity contribution in [3.63, 3.8) is 0 Å². The maximum Gasteiger partial charge on any atom is 0.417 e. The van der Waals surface area contributed by atoms with Crippen molar-refractivity contribution in [2.24, 2.45) is 0 Å². The fourth-order valence-electron chi connectivity index (χ4n) is 7.17. The third-order valence-corrected chi connectivity index (χ3v) is 9.55. The lowest BCUT2D eigenvalue weighted by Crippen LogP contribution is -2.41. The Bertz CT molecular complexity index is 1590. The van der Waals surface area contributed by atoms with Crippen molar-refractivity contribution in [1.82, 2.24) is 0 Å². The van der Waals surface area contributed by atoms with E-state index in [9.17, 15) is 23.1 Å². The molecule has 7 nitrogen and oxygen atoms in total. The van der Waals surface area contributed by atoms with Gasteiger partial charge in [-0.2, -0.15) is 13.2 Å². The molecule has 2 unspecified atom stereocenters.